The summed E-state index contributed by atoms with van der Waals surface area (Å²) in [5.74, 6) is 1.40. The van der Waals surface area contributed by atoms with E-state index in [9.17, 15) is 9.90 Å². The van der Waals surface area contributed by atoms with E-state index in [1.165, 1.54) is 4.90 Å². The average molecular weight is 318 g/mol. The molecule has 124 valence electrons. The van der Waals surface area contributed by atoms with Gasteiger partial charge in [-0.2, -0.15) is 0 Å². The van der Waals surface area contributed by atoms with Crippen LogP contribution in [0, 0.1) is 0 Å². The molecule has 0 radical (unpaired) electrons. The Labute approximate surface area is 135 Å². The van der Waals surface area contributed by atoms with Gasteiger partial charge < -0.3 is 24.5 Å². The lowest BCUT2D eigenvalue weighted by Crippen LogP contribution is -2.41. The van der Waals surface area contributed by atoms with Crippen molar-refractivity contribution in [3.63, 3.8) is 0 Å². The molecule has 0 unspecified atom stereocenters. The third kappa shape index (κ3) is 4.04. The minimum atomic E-state index is -0.440. The van der Waals surface area contributed by atoms with Crippen LogP contribution in [0.2, 0.25) is 0 Å². The van der Waals surface area contributed by atoms with Crippen molar-refractivity contribution in [3.8, 4) is 5.75 Å². The molecule has 0 spiro atoms. The highest BCUT2D eigenvalue weighted by Gasteiger charge is 2.23. The summed E-state index contributed by atoms with van der Waals surface area (Å²) >= 11 is 0. The number of amides is 2. The molecule has 0 fully saturated rings. The number of nitrogens with zero attached hydrogens (tertiary/aromatic N) is 1. The van der Waals surface area contributed by atoms with Crippen molar-refractivity contribution in [2.24, 2.45) is 0 Å². The zero-order valence-corrected chi connectivity index (χ0v) is 13.5. The van der Waals surface area contributed by atoms with Gasteiger partial charge in [0, 0.05) is 7.05 Å². The van der Waals surface area contributed by atoms with Gasteiger partial charge in [-0.15, -0.1) is 0 Å². The van der Waals surface area contributed by atoms with Crippen LogP contribution in [-0.2, 0) is 0 Å². The fourth-order valence-electron chi connectivity index (χ4n) is 2.31. The molecule has 0 saturated heterocycles. The zero-order valence-electron chi connectivity index (χ0n) is 13.5. The molecule has 0 aliphatic carbocycles. The number of hydrogen-bond acceptors (Lipinski definition) is 4. The Morgan fingerprint density at radius 1 is 1.35 bits per heavy atom. The minimum Gasteiger partial charge on any atom is -0.497 e. The van der Waals surface area contributed by atoms with E-state index in [0.29, 0.717) is 5.76 Å². The lowest BCUT2D eigenvalue weighted by Gasteiger charge is -2.28. The van der Waals surface area contributed by atoms with Gasteiger partial charge in [-0.3, -0.25) is 0 Å². The number of rotatable bonds is 6. The molecule has 6 heteroatoms. The molecule has 1 aromatic heterocycles. The Balaban J connectivity index is 2.05. The summed E-state index contributed by atoms with van der Waals surface area (Å²) in [4.78, 5) is 13.9. The monoisotopic (exact) mass is 318 g/mol. The van der Waals surface area contributed by atoms with Crippen molar-refractivity contribution in [3.05, 3.63) is 54.0 Å². The first-order chi connectivity index (χ1) is 11.1. The Morgan fingerprint density at radius 3 is 2.57 bits per heavy atom. The molecule has 6 nitrogen and oxygen atoms in total. The van der Waals surface area contributed by atoms with Gasteiger partial charge in [-0.25, -0.2) is 4.79 Å². The largest absolute Gasteiger partial charge is 0.497 e. The Kier molecular flexibility index (Phi) is 5.65. The van der Waals surface area contributed by atoms with E-state index in [1.807, 2.05) is 19.1 Å². The molecular weight excluding hydrogens is 296 g/mol. The van der Waals surface area contributed by atoms with E-state index in [-0.39, 0.29) is 18.7 Å². The third-order valence-corrected chi connectivity index (χ3v) is 3.77. The van der Waals surface area contributed by atoms with Gasteiger partial charge in [-0.1, -0.05) is 12.1 Å². The molecule has 2 atom stereocenters. The molecule has 23 heavy (non-hydrogen) atoms. The first kappa shape index (κ1) is 16.9. The summed E-state index contributed by atoms with van der Waals surface area (Å²) < 4.78 is 10.4. The molecule has 2 rings (SSSR count). The van der Waals surface area contributed by atoms with Crippen molar-refractivity contribution in [1.82, 2.24) is 10.2 Å². The molecule has 2 aromatic rings. The highest BCUT2D eigenvalue weighted by atomic mass is 16.5. The van der Waals surface area contributed by atoms with Gasteiger partial charge in [0.25, 0.3) is 0 Å². The summed E-state index contributed by atoms with van der Waals surface area (Å²) in [6.45, 7) is 1.66. The number of benzene rings is 1. The molecular formula is C17H22N2O4. The van der Waals surface area contributed by atoms with Gasteiger partial charge in [0.1, 0.15) is 11.5 Å². The molecule has 0 saturated carbocycles. The van der Waals surface area contributed by atoms with Crippen molar-refractivity contribution in [2.45, 2.75) is 19.0 Å². The Bertz CT molecular complexity index is 610. The minimum absolute atomic E-state index is 0.175. The normalized spacial score (nSPS) is 13.2. The number of aliphatic hydroxyl groups excluding tert-OH is 1. The van der Waals surface area contributed by atoms with Gasteiger partial charge in [0.05, 0.1) is 32.1 Å². The zero-order chi connectivity index (χ0) is 16.8. The average Bonchev–Trinajstić information content (AvgIpc) is 3.10. The van der Waals surface area contributed by atoms with E-state index in [4.69, 9.17) is 9.15 Å². The predicted octanol–water partition coefficient (Wildman–Crippen LogP) is 2.72. The fourth-order valence-corrected chi connectivity index (χ4v) is 2.31. The van der Waals surface area contributed by atoms with Crippen LogP contribution in [0.3, 0.4) is 0 Å². The van der Waals surface area contributed by atoms with E-state index >= 15 is 0 Å². The number of aliphatic hydroxyl groups is 1. The van der Waals surface area contributed by atoms with Gasteiger partial charge >= 0.3 is 6.03 Å². The summed E-state index contributed by atoms with van der Waals surface area (Å²) in [6.07, 6.45) is 1.57. The van der Waals surface area contributed by atoms with Gasteiger partial charge in [-0.05, 0) is 36.8 Å². The van der Waals surface area contributed by atoms with Crippen molar-refractivity contribution in [1.29, 1.82) is 0 Å². The van der Waals surface area contributed by atoms with Crippen LogP contribution in [0.15, 0.2) is 47.1 Å². The molecule has 2 amide bonds. The summed E-state index contributed by atoms with van der Waals surface area (Å²) in [5, 5.41) is 12.5. The van der Waals surface area contributed by atoms with E-state index in [2.05, 4.69) is 5.32 Å². The maximum atomic E-state index is 12.4. The van der Waals surface area contributed by atoms with E-state index in [0.717, 1.165) is 11.3 Å². The van der Waals surface area contributed by atoms with E-state index < -0.39 is 6.04 Å². The number of nitrogens with one attached hydrogen (secondary N) is 1. The van der Waals surface area contributed by atoms with Crippen LogP contribution < -0.4 is 10.1 Å². The molecule has 0 aliphatic heterocycles. The number of methoxy groups -OCH3 is 1. The number of hydrogen-bond donors (Lipinski definition) is 2. The van der Waals surface area contributed by atoms with E-state index in [1.54, 1.807) is 44.7 Å². The molecule has 1 heterocycles. The second-order valence-corrected chi connectivity index (χ2v) is 5.27. The molecule has 1 aromatic carbocycles. The lowest BCUT2D eigenvalue weighted by molar-refractivity contribution is 0.147. The molecule has 0 bridgehead atoms. The van der Waals surface area contributed by atoms with Crippen LogP contribution in [0.4, 0.5) is 4.79 Å². The van der Waals surface area contributed by atoms with Crippen molar-refractivity contribution in [2.75, 3.05) is 20.8 Å². The van der Waals surface area contributed by atoms with Crippen LogP contribution >= 0.6 is 0 Å². The number of urea groups is 1. The molecule has 0 aliphatic rings. The SMILES string of the molecule is COc1ccc([C@H](CO)N(C)C(=O)N[C@@H](C)c2ccco2)cc1. The maximum Gasteiger partial charge on any atom is 0.318 e. The predicted molar refractivity (Wildman–Crippen MR) is 86.2 cm³/mol. The summed E-state index contributed by atoms with van der Waals surface area (Å²) in [7, 11) is 3.24. The van der Waals surface area contributed by atoms with Crippen LogP contribution in [0.25, 0.3) is 0 Å². The number of furan rings is 1. The molecule has 2 N–H and O–H groups in total. The number of carbonyl (C=O) groups excluding carboxylic acids is 1. The second-order valence-electron chi connectivity index (χ2n) is 5.27. The third-order valence-electron chi connectivity index (χ3n) is 3.77. The smallest absolute Gasteiger partial charge is 0.318 e. The highest BCUT2D eigenvalue weighted by molar-refractivity contribution is 5.75. The van der Waals surface area contributed by atoms with Gasteiger partial charge in [0.2, 0.25) is 0 Å². The van der Waals surface area contributed by atoms with Crippen molar-refractivity contribution >= 4 is 6.03 Å². The fraction of sp³-hybridized carbons (Fsp3) is 0.353. The number of carbonyl (C=O) groups is 1. The topological polar surface area (TPSA) is 74.9 Å². The highest BCUT2D eigenvalue weighted by Crippen LogP contribution is 2.22. The van der Waals surface area contributed by atoms with Gasteiger partial charge in [0.15, 0.2) is 0 Å². The number of ether oxygens (including phenoxy) is 1. The summed E-state index contributed by atoms with van der Waals surface area (Å²) in [6, 6.07) is 9.86. The Hall–Kier alpha value is -2.47. The van der Waals surface area contributed by atoms with Crippen LogP contribution in [0.1, 0.15) is 30.3 Å². The maximum absolute atomic E-state index is 12.4. The standard InChI is InChI=1S/C17H22N2O4/c1-12(16-5-4-10-23-16)18-17(21)19(2)15(11-20)13-6-8-14(22-3)9-7-13/h4-10,12,15,20H,11H2,1-3H3,(H,18,21)/t12-,15-/m0/s1. The number of likely N-dealkylation sites (N-methyl/N-ethyl adjacent to an activating group) is 1. The first-order valence-corrected chi connectivity index (χ1v) is 7.38. The first-order valence-electron chi connectivity index (χ1n) is 7.38. The van der Waals surface area contributed by atoms with Crippen LogP contribution in [-0.4, -0.2) is 36.8 Å². The quantitative estimate of drug-likeness (QED) is 0.859. The lowest BCUT2D eigenvalue weighted by atomic mass is 10.1. The van der Waals surface area contributed by atoms with Crippen molar-refractivity contribution < 1.29 is 19.1 Å². The van der Waals surface area contributed by atoms with Crippen LogP contribution in [0.5, 0.6) is 5.75 Å². The second kappa shape index (κ2) is 7.69. The summed E-state index contributed by atoms with van der Waals surface area (Å²) in [5.41, 5.74) is 0.830. The Morgan fingerprint density at radius 2 is 2.04 bits per heavy atom.